The van der Waals surface area contributed by atoms with E-state index >= 15 is 0 Å². The van der Waals surface area contributed by atoms with E-state index < -0.39 is 0 Å². The van der Waals surface area contributed by atoms with E-state index in [4.69, 9.17) is 0 Å². The summed E-state index contributed by atoms with van der Waals surface area (Å²) in [6.45, 7) is 3.42. The monoisotopic (exact) mass is 151 g/mol. The van der Waals surface area contributed by atoms with E-state index in [-0.39, 0.29) is 0 Å². The van der Waals surface area contributed by atoms with Gasteiger partial charge in [0.15, 0.2) is 0 Å². The van der Waals surface area contributed by atoms with Crippen molar-refractivity contribution in [3.63, 3.8) is 0 Å². The zero-order valence-corrected chi connectivity index (χ0v) is 7.27. The molecular weight excluding hydrogens is 134 g/mol. The molecule has 1 N–H and O–H groups in total. The third-order valence-electron chi connectivity index (χ3n) is 2.67. The molecule has 2 rings (SSSR count). The first kappa shape index (κ1) is 7.35. The summed E-state index contributed by atoms with van der Waals surface area (Å²) in [6.07, 6.45) is 8.06. The fraction of sp³-hybridized carbons (Fsp3) is 0.800. The van der Waals surface area contributed by atoms with Crippen molar-refractivity contribution in [3.8, 4) is 0 Å². The van der Waals surface area contributed by atoms with Gasteiger partial charge in [0.05, 0.1) is 0 Å². The molecule has 1 nitrogen and oxygen atoms in total. The third kappa shape index (κ3) is 2.06. The van der Waals surface area contributed by atoms with Crippen LogP contribution in [0.3, 0.4) is 0 Å². The van der Waals surface area contributed by atoms with Crippen molar-refractivity contribution in [1.29, 1.82) is 0 Å². The van der Waals surface area contributed by atoms with E-state index in [0.717, 1.165) is 18.5 Å². The lowest BCUT2D eigenvalue weighted by molar-refractivity contribution is 0.485. The Morgan fingerprint density at radius 2 is 2.18 bits per heavy atom. The predicted molar refractivity (Wildman–Crippen MR) is 47.5 cm³/mol. The molecule has 1 saturated carbocycles. The topological polar surface area (TPSA) is 12.0 Å². The minimum Gasteiger partial charge on any atom is -0.311 e. The fourth-order valence-corrected chi connectivity index (χ4v) is 1.64. The molecular formula is C10H17N. The molecule has 0 radical (unpaired) electrons. The van der Waals surface area contributed by atoms with Crippen molar-refractivity contribution >= 4 is 0 Å². The third-order valence-corrected chi connectivity index (χ3v) is 2.67. The Bertz CT molecular complexity index is 158. The molecule has 1 aliphatic carbocycles. The second-order valence-electron chi connectivity index (χ2n) is 3.98. The van der Waals surface area contributed by atoms with E-state index in [2.05, 4.69) is 18.3 Å². The highest BCUT2D eigenvalue weighted by Gasteiger charge is 2.20. The maximum atomic E-state index is 3.50. The minimum atomic E-state index is 0.742. The van der Waals surface area contributed by atoms with Crippen molar-refractivity contribution in [2.45, 2.75) is 38.6 Å². The maximum Gasteiger partial charge on any atom is 0.0167 e. The molecule has 0 amide bonds. The summed E-state index contributed by atoms with van der Waals surface area (Å²) in [4.78, 5) is 0. The van der Waals surface area contributed by atoms with Crippen LogP contribution >= 0.6 is 0 Å². The summed E-state index contributed by atoms with van der Waals surface area (Å²) in [5.74, 6) is 0.959. The van der Waals surface area contributed by atoms with Crippen LogP contribution in [-0.4, -0.2) is 12.6 Å². The van der Waals surface area contributed by atoms with Crippen LogP contribution in [0.4, 0.5) is 0 Å². The highest BCUT2D eigenvalue weighted by atomic mass is 14.9. The number of hydrogen-bond donors (Lipinski definition) is 1. The Kier molecular flexibility index (Phi) is 1.99. The van der Waals surface area contributed by atoms with Crippen molar-refractivity contribution in [1.82, 2.24) is 5.32 Å². The predicted octanol–water partition coefficient (Wildman–Crippen LogP) is 2.09. The molecule has 1 saturated heterocycles. The quantitative estimate of drug-likeness (QED) is 0.566. The Morgan fingerprint density at radius 1 is 1.36 bits per heavy atom. The lowest BCUT2D eigenvalue weighted by Crippen LogP contribution is -2.32. The number of rotatable bonds is 1. The first-order valence-corrected chi connectivity index (χ1v) is 4.77. The molecule has 1 heterocycles. The lowest BCUT2D eigenvalue weighted by atomic mass is 10.0. The van der Waals surface area contributed by atoms with Crippen LogP contribution in [0.15, 0.2) is 11.6 Å². The zero-order valence-electron chi connectivity index (χ0n) is 7.27. The lowest BCUT2D eigenvalue weighted by Gasteiger charge is -2.22. The van der Waals surface area contributed by atoms with E-state index in [1.807, 2.05) is 0 Å². The highest BCUT2D eigenvalue weighted by molar-refractivity contribution is 5.12. The molecule has 2 fully saturated rings. The molecule has 62 valence electrons. The van der Waals surface area contributed by atoms with E-state index in [0.29, 0.717) is 0 Å². The smallest absolute Gasteiger partial charge is 0.0167 e. The molecule has 1 aliphatic heterocycles. The summed E-state index contributed by atoms with van der Waals surface area (Å²) in [5.41, 5.74) is 1.66. The van der Waals surface area contributed by atoms with Gasteiger partial charge in [0.1, 0.15) is 0 Å². The van der Waals surface area contributed by atoms with Gasteiger partial charge in [0.2, 0.25) is 0 Å². The number of hydrogen-bond acceptors (Lipinski definition) is 1. The molecule has 0 aromatic rings. The van der Waals surface area contributed by atoms with Gasteiger partial charge in [0, 0.05) is 12.6 Å². The molecule has 2 aliphatic rings. The normalized spacial score (nSPS) is 36.1. The van der Waals surface area contributed by atoms with Gasteiger partial charge in [-0.05, 0) is 38.5 Å². The van der Waals surface area contributed by atoms with Crippen LogP contribution in [-0.2, 0) is 0 Å². The van der Waals surface area contributed by atoms with E-state index in [1.54, 1.807) is 5.57 Å². The molecule has 0 bridgehead atoms. The Hall–Kier alpha value is -0.300. The van der Waals surface area contributed by atoms with E-state index in [1.165, 1.54) is 25.7 Å². The van der Waals surface area contributed by atoms with Crippen molar-refractivity contribution in [3.05, 3.63) is 11.6 Å². The zero-order chi connectivity index (χ0) is 7.68. The van der Waals surface area contributed by atoms with Crippen molar-refractivity contribution in [2.75, 3.05) is 6.54 Å². The summed E-state index contributed by atoms with van der Waals surface area (Å²) >= 11 is 0. The van der Waals surface area contributed by atoms with Gasteiger partial charge >= 0.3 is 0 Å². The molecule has 1 heteroatoms. The molecule has 1 atom stereocenters. The average molecular weight is 151 g/mol. The van der Waals surface area contributed by atoms with Gasteiger partial charge in [-0.25, -0.2) is 0 Å². The van der Waals surface area contributed by atoms with Gasteiger partial charge in [-0.15, -0.1) is 0 Å². The minimum absolute atomic E-state index is 0.742. The maximum absolute atomic E-state index is 3.50. The second kappa shape index (κ2) is 2.98. The largest absolute Gasteiger partial charge is 0.311 e. The molecule has 11 heavy (non-hydrogen) atoms. The van der Waals surface area contributed by atoms with Crippen LogP contribution in [0, 0.1) is 5.92 Å². The first-order chi connectivity index (χ1) is 5.34. The summed E-state index contributed by atoms with van der Waals surface area (Å²) in [6, 6.07) is 0.742. The van der Waals surface area contributed by atoms with Crippen LogP contribution < -0.4 is 5.32 Å². The molecule has 1 unspecified atom stereocenters. The summed E-state index contributed by atoms with van der Waals surface area (Å²) in [7, 11) is 0. The van der Waals surface area contributed by atoms with Gasteiger partial charge < -0.3 is 5.32 Å². The average Bonchev–Trinajstić information content (AvgIpc) is 2.78. The van der Waals surface area contributed by atoms with Gasteiger partial charge in [-0.1, -0.05) is 11.6 Å². The molecule has 0 aromatic carbocycles. The summed E-state index contributed by atoms with van der Waals surface area (Å²) in [5, 5.41) is 3.50. The Morgan fingerprint density at radius 3 is 2.73 bits per heavy atom. The fourth-order valence-electron chi connectivity index (χ4n) is 1.64. The Balaban J connectivity index is 1.85. The van der Waals surface area contributed by atoms with Crippen LogP contribution in [0.2, 0.25) is 0 Å². The number of piperidine rings is 1. The van der Waals surface area contributed by atoms with Gasteiger partial charge in [0.25, 0.3) is 0 Å². The highest BCUT2D eigenvalue weighted by Crippen LogP contribution is 2.32. The molecule has 0 spiro atoms. The van der Waals surface area contributed by atoms with Gasteiger partial charge in [-0.2, -0.15) is 0 Å². The van der Waals surface area contributed by atoms with Crippen molar-refractivity contribution in [2.24, 2.45) is 5.92 Å². The molecule has 0 aromatic heterocycles. The number of allylic oxidation sites excluding steroid dienone is 1. The standard InChI is InChI=1S/C10H17N/c1-8-2-3-10(7-11-8)6-9-4-5-9/h6,8-9,11H,2-5,7H2,1H3/b10-6-. The number of nitrogens with one attached hydrogen (secondary N) is 1. The SMILES string of the molecule is CC1CC/C(=C/C2CC2)CN1. The van der Waals surface area contributed by atoms with Crippen molar-refractivity contribution < 1.29 is 0 Å². The van der Waals surface area contributed by atoms with Gasteiger partial charge in [-0.3, -0.25) is 0 Å². The van der Waals surface area contributed by atoms with Crippen LogP contribution in [0.5, 0.6) is 0 Å². The Labute approximate surface area is 68.9 Å². The van der Waals surface area contributed by atoms with E-state index in [9.17, 15) is 0 Å². The van der Waals surface area contributed by atoms with Crippen LogP contribution in [0.1, 0.15) is 32.6 Å². The summed E-state index contributed by atoms with van der Waals surface area (Å²) < 4.78 is 0. The second-order valence-corrected chi connectivity index (χ2v) is 3.98. The first-order valence-electron chi connectivity index (χ1n) is 4.77. The van der Waals surface area contributed by atoms with Crippen LogP contribution in [0.25, 0.3) is 0 Å².